The van der Waals surface area contributed by atoms with E-state index in [0.717, 1.165) is 24.3 Å². The first-order chi connectivity index (χ1) is 9.20. The summed E-state index contributed by atoms with van der Waals surface area (Å²) in [4.78, 5) is 11.1. The maximum Gasteiger partial charge on any atom is 0.336 e. The van der Waals surface area contributed by atoms with Crippen molar-refractivity contribution < 1.29 is 14.6 Å². The van der Waals surface area contributed by atoms with E-state index in [-0.39, 0.29) is 0 Å². The van der Waals surface area contributed by atoms with Crippen molar-refractivity contribution >= 4 is 5.97 Å². The minimum atomic E-state index is -0.880. The van der Waals surface area contributed by atoms with Gasteiger partial charge in [-0.25, -0.2) is 4.79 Å². The lowest BCUT2D eigenvalue weighted by Gasteiger charge is -2.28. The quantitative estimate of drug-likeness (QED) is 0.876. The maximum absolute atomic E-state index is 11.1. The lowest BCUT2D eigenvalue weighted by atomic mass is 9.85. The van der Waals surface area contributed by atoms with Crippen molar-refractivity contribution in [3.63, 3.8) is 0 Å². The molecule has 2 rings (SSSR count). The van der Waals surface area contributed by atoms with Gasteiger partial charge < -0.3 is 9.84 Å². The van der Waals surface area contributed by atoms with Gasteiger partial charge in [0.05, 0.1) is 18.3 Å². The van der Waals surface area contributed by atoms with Gasteiger partial charge in [-0.2, -0.15) is 0 Å². The zero-order valence-electron chi connectivity index (χ0n) is 11.5. The molecule has 0 heterocycles. The van der Waals surface area contributed by atoms with Crippen LogP contribution < -0.4 is 0 Å². The third-order valence-electron chi connectivity index (χ3n) is 4.03. The predicted octanol–water partition coefficient (Wildman–Crippen LogP) is 3.87. The number of ether oxygens (including phenoxy) is 1. The average Bonchev–Trinajstić information content (AvgIpc) is 2.45. The molecule has 2 unspecified atom stereocenters. The number of carbonyl (C=O) groups is 1. The molecule has 0 aromatic heterocycles. The third-order valence-corrected chi connectivity index (χ3v) is 4.03. The summed E-state index contributed by atoms with van der Waals surface area (Å²) < 4.78 is 5.93. The van der Waals surface area contributed by atoms with Gasteiger partial charge >= 0.3 is 5.97 Å². The molecule has 0 bridgehead atoms. The smallest absolute Gasteiger partial charge is 0.336 e. The highest BCUT2D eigenvalue weighted by Gasteiger charge is 2.21. The standard InChI is InChI=1S/C16H22O3/c1-2-12-6-5-8-14(10-12)19-11-13-7-3-4-9-15(13)16(17)18/h3-4,7,9,12,14H,2,5-6,8,10-11H2,1H3,(H,17,18). The van der Waals surface area contributed by atoms with Gasteiger partial charge in [0, 0.05) is 0 Å². The summed E-state index contributed by atoms with van der Waals surface area (Å²) in [5.41, 5.74) is 1.12. The summed E-state index contributed by atoms with van der Waals surface area (Å²) in [6.07, 6.45) is 6.26. The fourth-order valence-corrected chi connectivity index (χ4v) is 2.83. The van der Waals surface area contributed by atoms with Crippen LogP contribution in [0.4, 0.5) is 0 Å². The second kappa shape index (κ2) is 6.71. The zero-order chi connectivity index (χ0) is 13.7. The molecule has 0 radical (unpaired) electrons. The van der Waals surface area contributed by atoms with Gasteiger partial charge in [0.1, 0.15) is 0 Å². The molecule has 104 valence electrons. The van der Waals surface area contributed by atoms with E-state index in [1.807, 2.05) is 12.1 Å². The minimum Gasteiger partial charge on any atom is -0.478 e. The molecule has 1 saturated carbocycles. The summed E-state index contributed by atoms with van der Waals surface area (Å²) in [6, 6.07) is 7.09. The van der Waals surface area contributed by atoms with Crippen LogP contribution in [-0.2, 0) is 11.3 Å². The van der Waals surface area contributed by atoms with Gasteiger partial charge in [-0.1, -0.05) is 44.4 Å². The number of hydrogen-bond donors (Lipinski definition) is 1. The molecule has 0 spiro atoms. The molecule has 0 aliphatic heterocycles. The van der Waals surface area contributed by atoms with E-state index in [1.54, 1.807) is 12.1 Å². The predicted molar refractivity (Wildman–Crippen MR) is 74.2 cm³/mol. The number of carboxylic acids is 1. The van der Waals surface area contributed by atoms with Crippen molar-refractivity contribution in [2.75, 3.05) is 0 Å². The highest BCUT2D eigenvalue weighted by atomic mass is 16.5. The number of hydrogen-bond acceptors (Lipinski definition) is 2. The second-order valence-electron chi connectivity index (χ2n) is 5.34. The largest absolute Gasteiger partial charge is 0.478 e. The van der Waals surface area contributed by atoms with E-state index in [1.165, 1.54) is 19.3 Å². The van der Waals surface area contributed by atoms with Crippen LogP contribution in [0.25, 0.3) is 0 Å². The first-order valence-electron chi connectivity index (χ1n) is 7.13. The lowest BCUT2D eigenvalue weighted by molar-refractivity contribution is 0.00127. The van der Waals surface area contributed by atoms with Gasteiger partial charge in [0.2, 0.25) is 0 Å². The fraction of sp³-hybridized carbons (Fsp3) is 0.562. The van der Waals surface area contributed by atoms with Crippen molar-refractivity contribution in [1.29, 1.82) is 0 Å². The normalized spacial score (nSPS) is 23.2. The monoisotopic (exact) mass is 262 g/mol. The number of rotatable bonds is 5. The van der Waals surface area contributed by atoms with Gasteiger partial charge in [-0.3, -0.25) is 0 Å². The molecule has 1 aliphatic rings. The minimum absolute atomic E-state index is 0.292. The Bertz CT molecular complexity index is 428. The van der Waals surface area contributed by atoms with Crippen molar-refractivity contribution in [3.05, 3.63) is 35.4 Å². The Morgan fingerprint density at radius 2 is 2.16 bits per heavy atom. The van der Waals surface area contributed by atoms with Gasteiger partial charge in [-0.05, 0) is 30.4 Å². The van der Waals surface area contributed by atoms with E-state index in [9.17, 15) is 4.79 Å². The first kappa shape index (κ1) is 14.1. The van der Waals surface area contributed by atoms with E-state index in [2.05, 4.69) is 6.92 Å². The van der Waals surface area contributed by atoms with Gasteiger partial charge in [0.25, 0.3) is 0 Å². The Hall–Kier alpha value is -1.35. The lowest BCUT2D eigenvalue weighted by Crippen LogP contribution is -2.22. The molecule has 3 nitrogen and oxygen atoms in total. The molecule has 2 atom stereocenters. The molecule has 1 fully saturated rings. The second-order valence-corrected chi connectivity index (χ2v) is 5.34. The molecule has 0 saturated heterocycles. The van der Waals surface area contributed by atoms with E-state index in [0.29, 0.717) is 18.3 Å². The van der Waals surface area contributed by atoms with Crippen LogP contribution in [0.5, 0.6) is 0 Å². The van der Waals surface area contributed by atoms with Crippen LogP contribution in [0.2, 0.25) is 0 Å². The maximum atomic E-state index is 11.1. The van der Waals surface area contributed by atoms with Gasteiger partial charge in [-0.15, -0.1) is 0 Å². The summed E-state index contributed by atoms with van der Waals surface area (Å²) in [7, 11) is 0. The molecule has 1 N–H and O–H groups in total. The van der Waals surface area contributed by atoms with Crippen LogP contribution in [0, 0.1) is 5.92 Å². The molecule has 3 heteroatoms. The van der Waals surface area contributed by atoms with Crippen molar-refractivity contribution in [3.8, 4) is 0 Å². The molecular weight excluding hydrogens is 240 g/mol. The molecular formula is C16H22O3. The topological polar surface area (TPSA) is 46.5 Å². The summed E-state index contributed by atoms with van der Waals surface area (Å²) in [6.45, 7) is 2.64. The van der Waals surface area contributed by atoms with Crippen molar-refractivity contribution in [1.82, 2.24) is 0 Å². The Balaban J connectivity index is 1.93. The SMILES string of the molecule is CCC1CCCC(OCc2ccccc2C(=O)O)C1. The van der Waals surface area contributed by atoms with E-state index in [4.69, 9.17) is 9.84 Å². The van der Waals surface area contributed by atoms with Crippen molar-refractivity contribution in [2.24, 2.45) is 5.92 Å². The van der Waals surface area contributed by atoms with Crippen LogP contribution in [0.3, 0.4) is 0 Å². The Morgan fingerprint density at radius 1 is 1.37 bits per heavy atom. The molecule has 19 heavy (non-hydrogen) atoms. The zero-order valence-corrected chi connectivity index (χ0v) is 11.5. The molecule has 0 amide bonds. The Morgan fingerprint density at radius 3 is 2.89 bits per heavy atom. The van der Waals surface area contributed by atoms with E-state index < -0.39 is 5.97 Å². The van der Waals surface area contributed by atoms with E-state index >= 15 is 0 Å². The summed E-state index contributed by atoms with van der Waals surface area (Å²) in [5, 5.41) is 9.13. The van der Waals surface area contributed by atoms with Crippen LogP contribution >= 0.6 is 0 Å². The van der Waals surface area contributed by atoms with Gasteiger partial charge in [0.15, 0.2) is 0 Å². The molecule has 1 aromatic rings. The highest BCUT2D eigenvalue weighted by Crippen LogP contribution is 2.29. The molecule has 1 aliphatic carbocycles. The average molecular weight is 262 g/mol. The first-order valence-corrected chi connectivity index (χ1v) is 7.13. The third kappa shape index (κ3) is 3.80. The van der Waals surface area contributed by atoms with Crippen LogP contribution in [-0.4, -0.2) is 17.2 Å². The van der Waals surface area contributed by atoms with Crippen molar-refractivity contribution in [2.45, 2.75) is 51.7 Å². The Labute approximate surface area is 114 Å². The fourth-order valence-electron chi connectivity index (χ4n) is 2.83. The molecule has 1 aromatic carbocycles. The van der Waals surface area contributed by atoms with Crippen LogP contribution in [0.1, 0.15) is 54.9 Å². The number of benzene rings is 1. The van der Waals surface area contributed by atoms with Crippen LogP contribution in [0.15, 0.2) is 24.3 Å². The number of aromatic carboxylic acids is 1. The Kier molecular flexibility index (Phi) is 4.97. The summed E-state index contributed by atoms with van der Waals surface area (Å²) >= 11 is 0. The highest BCUT2D eigenvalue weighted by molar-refractivity contribution is 5.89. The number of carboxylic acid groups (broad SMARTS) is 1. The summed E-state index contributed by atoms with van der Waals surface area (Å²) in [5.74, 6) is -0.109.